The van der Waals surface area contributed by atoms with Crippen LogP contribution in [0.25, 0.3) is 0 Å². The Bertz CT molecular complexity index is 861. The Labute approximate surface area is 153 Å². The van der Waals surface area contributed by atoms with Gasteiger partial charge in [0.1, 0.15) is 0 Å². The van der Waals surface area contributed by atoms with Crippen molar-refractivity contribution >= 4 is 21.9 Å². The van der Waals surface area contributed by atoms with Crippen LogP contribution in [0.15, 0.2) is 47.6 Å². The van der Waals surface area contributed by atoms with Crippen LogP contribution in [-0.2, 0) is 10.0 Å². The zero-order valence-corrected chi connectivity index (χ0v) is 15.6. The average Bonchev–Trinajstić information content (AvgIpc) is 2.68. The molecule has 1 aliphatic heterocycles. The largest absolute Gasteiger partial charge is 0.337 e. The third-order valence-corrected chi connectivity index (χ3v) is 6.11. The predicted molar refractivity (Wildman–Crippen MR) is 97.5 cm³/mol. The van der Waals surface area contributed by atoms with Gasteiger partial charge in [0.05, 0.1) is 4.90 Å². The maximum Gasteiger partial charge on any atom is 0.253 e. The molecule has 0 atom stereocenters. The first-order valence-electron chi connectivity index (χ1n) is 8.23. The fourth-order valence-electron chi connectivity index (χ4n) is 2.73. The van der Waals surface area contributed by atoms with Crippen LogP contribution in [0.4, 0.5) is 5.95 Å². The van der Waals surface area contributed by atoms with E-state index in [0.717, 1.165) is 4.31 Å². The van der Waals surface area contributed by atoms with Crippen molar-refractivity contribution in [2.24, 2.45) is 0 Å². The summed E-state index contributed by atoms with van der Waals surface area (Å²) in [4.78, 5) is 25.1. The Balaban J connectivity index is 1.66. The highest BCUT2D eigenvalue weighted by molar-refractivity contribution is 7.89. The first-order valence-corrected chi connectivity index (χ1v) is 9.67. The van der Waals surface area contributed by atoms with Crippen LogP contribution in [0.1, 0.15) is 10.4 Å². The minimum atomic E-state index is -3.49. The Hall–Kier alpha value is -2.52. The van der Waals surface area contributed by atoms with Crippen LogP contribution in [0.2, 0.25) is 0 Å². The monoisotopic (exact) mass is 375 g/mol. The van der Waals surface area contributed by atoms with Crippen LogP contribution in [0.3, 0.4) is 0 Å². The lowest BCUT2D eigenvalue weighted by molar-refractivity contribution is 0.0746. The van der Waals surface area contributed by atoms with E-state index in [1.165, 1.54) is 26.2 Å². The van der Waals surface area contributed by atoms with Gasteiger partial charge in [-0.1, -0.05) is 0 Å². The zero-order valence-electron chi connectivity index (χ0n) is 14.7. The molecule has 1 aromatic carbocycles. The van der Waals surface area contributed by atoms with Gasteiger partial charge in [-0.15, -0.1) is 0 Å². The molecule has 9 heteroatoms. The smallest absolute Gasteiger partial charge is 0.253 e. The van der Waals surface area contributed by atoms with E-state index in [9.17, 15) is 13.2 Å². The van der Waals surface area contributed by atoms with Gasteiger partial charge in [-0.05, 0) is 30.3 Å². The highest BCUT2D eigenvalue weighted by atomic mass is 32.2. The SMILES string of the molecule is CN(C)S(=O)(=O)c1ccc(C(=O)N2CCN(c3ncccn3)CC2)cc1. The number of piperazine rings is 1. The summed E-state index contributed by atoms with van der Waals surface area (Å²) < 4.78 is 25.3. The van der Waals surface area contributed by atoms with Gasteiger partial charge < -0.3 is 9.80 Å². The Kier molecular flexibility index (Phi) is 5.19. The van der Waals surface area contributed by atoms with Crippen molar-refractivity contribution in [1.82, 2.24) is 19.2 Å². The molecule has 26 heavy (non-hydrogen) atoms. The summed E-state index contributed by atoms with van der Waals surface area (Å²) in [5.41, 5.74) is 0.479. The van der Waals surface area contributed by atoms with Gasteiger partial charge in [-0.2, -0.15) is 0 Å². The van der Waals surface area contributed by atoms with Crippen molar-refractivity contribution in [2.45, 2.75) is 4.90 Å². The highest BCUT2D eigenvalue weighted by Gasteiger charge is 2.24. The van der Waals surface area contributed by atoms with E-state index in [4.69, 9.17) is 0 Å². The van der Waals surface area contributed by atoms with Gasteiger partial charge in [-0.25, -0.2) is 22.7 Å². The van der Waals surface area contributed by atoms with Crippen molar-refractivity contribution < 1.29 is 13.2 Å². The van der Waals surface area contributed by atoms with Crippen LogP contribution >= 0.6 is 0 Å². The molecule has 1 fully saturated rings. The zero-order chi connectivity index (χ0) is 18.7. The van der Waals surface area contributed by atoms with Crippen molar-refractivity contribution in [3.8, 4) is 0 Å². The molecule has 0 aliphatic carbocycles. The maximum atomic E-state index is 12.7. The summed E-state index contributed by atoms with van der Waals surface area (Å²) in [6, 6.07) is 7.83. The minimum absolute atomic E-state index is 0.104. The molecule has 0 N–H and O–H groups in total. The summed E-state index contributed by atoms with van der Waals surface area (Å²) >= 11 is 0. The summed E-state index contributed by atoms with van der Waals surface area (Å²) in [6.07, 6.45) is 3.40. The molecule has 2 aromatic rings. The number of nitrogens with zero attached hydrogens (tertiary/aromatic N) is 5. The molecular weight excluding hydrogens is 354 g/mol. The number of sulfonamides is 1. The van der Waals surface area contributed by atoms with Crippen LogP contribution in [0, 0.1) is 0 Å². The number of aromatic nitrogens is 2. The summed E-state index contributed by atoms with van der Waals surface area (Å²) in [5.74, 6) is 0.560. The van der Waals surface area contributed by atoms with E-state index in [1.54, 1.807) is 35.5 Å². The summed E-state index contributed by atoms with van der Waals surface area (Å²) in [6.45, 7) is 2.44. The number of hydrogen-bond donors (Lipinski definition) is 0. The Morgan fingerprint density at radius 1 is 1.00 bits per heavy atom. The number of carbonyl (C=O) groups is 1. The van der Waals surface area contributed by atoms with Gasteiger partial charge in [0.15, 0.2) is 0 Å². The first kappa shape index (κ1) is 18.3. The predicted octanol–water partition coefficient (Wildman–Crippen LogP) is 0.689. The van der Waals surface area contributed by atoms with E-state index in [-0.39, 0.29) is 10.8 Å². The quantitative estimate of drug-likeness (QED) is 0.781. The Morgan fingerprint density at radius 3 is 2.12 bits per heavy atom. The van der Waals surface area contributed by atoms with Crippen LogP contribution in [0.5, 0.6) is 0 Å². The van der Waals surface area contributed by atoms with E-state index in [2.05, 4.69) is 9.97 Å². The molecule has 1 amide bonds. The molecule has 1 aromatic heterocycles. The molecule has 3 rings (SSSR count). The third kappa shape index (κ3) is 3.68. The molecular formula is C17H21N5O3S. The average molecular weight is 375 g/mol. The molecule has 2 heterocycles. The second-order valence-corrected chi connectivity index (χ2v) is 8.29. The molecule has 1 aliphatic rings. The third-order valence-electron chi connectivity index (χ3n) is 4.28. The van der Waals surface area contributed by atoms with Gasteiger partial charge in [0.2, 0.25) is 16.0 Å². The molecule has 0 saturated carbocycles. The van der Waals surface area contributed by atoms with E-state index < -0.39 is 10.0 Å². The van der Waals surface area contributed by atoms with E-state index in [0.29, 0.717) is 37.7 Å². The van der Waals surface area contributed by atoms with E-state index >= 15 is 0 Å². The lowest BCUT2D eigenvalue weighted by atomic mass is 10.2. The fourth-order valence-corrected chi connectivity index (χ4v) is 3.63. The number of anilines is 1. The molecule has 0 bridgehead atoms. The Morgan fingerprint density at radius 2 is 1.58 bits per heavy atom. The maximum absolute atomic E-state index is 12.7. The number of benzene rings is 1. The highest BCUT2D eigenvalue weighted by Crippen LogP contribution is 2.16. The number of rotatable bonds is 4. The lowest BCUT2D eigenvalue weighted by Crippen LogP contribution is -2.49. The van der Waals surface area contributed by atoms with Gasteiger partial charge in [0, 0.05) is 58.2 Å². The molecule has 138 valence electrons. The standard InChI is InChI=1S/C17H21N5O3S/c1-20(2)26(24,25)15-6-4-14(5-7-15)16(23)21-10-12-22(13-11-21)17-18-8-3-9-19-17/h3-9H,10-13H2,1-2H3. The minimum Gasteiger partial charge on any atom is -0.337 e. The number of carbonyl (C=O) groups excluding carboxylic acids is 1. The summed E-state index contributed by atoms with van der Waals surface area (Å²) in [5, 5.41) is 0. The van der Waals surface area contributed by atoms with Gasteiger partial charge in [0.25, 0.3) is 5.91 Å². The van der Waals surface area contributed by atoms with Gasteiger partial charge >= 0.3 is 0 Å². The summed E-state index contributed by atoms with van der Waals surface area (Å²) in [7, 11) is -0.541. The van der Waals surface area contributed by atoms with Crippen LogP contribution in [-0.4, -0.2) is 73.8 Å². The molecule has 0 unspecified atom stereocenters. The lowest BCUT2D eigenvalue weighted by Gasteiger charge is -2.34. The second-order valence-electron chi connectivity index (χ2n) is 6.14. The van der Waals surface area contributed by atoms with Crippen molar-refractivity contribution in [3.05, 3.63) is 48.3 Å². The van der Waals surface area contributed by atoms with Crippen molar-refractivity contribution in [3.63, 3.8) is 0 Å². The number of hydrogen-bond acceptors (Lipinski definition) is 6. The fraction of sp³-hybridized carbons (Fsp3) is 0.353. The van der Waals surface area contributed by atoms with E-state index in [1.807, 2.05) is 4.90 Å². The normalized spacial score (nSPS) is 15.3. The molecule has 0 radical (unpaired) electrons. The van der Waals surface area contributed by atoms with Gasteiger partial charge in [-0.3, -0.25) is 4.79 Å². The second kappa shape index (κ2) is 7.38. The first-order chi connectivity index (χ1) is 12.4. The van der Waals surface area contributed by atoms with Crippen molar-refractivity contribution in [1.29, 1.82) is 0 Å². The number of amides is 1. The van der Waals surface area contributed by atoms with Crippen molar-refractivity contribution in [2.75, 3.05) is 45.2 Å². The van der Waals surface area contributed by atoms with Crippen LogP contribution < -0.4 is 4.90 Å². The molecule has 1 saturated heterocycles. The molecule has 0 spiro atoms. The molecule has 8 nitrogen and oxygen atoms in total. The topological polar surface area (TPSA) is 86.7 Å².